The SMILES string of the molecule is Cc1cc(C)nc(-n2nc(N(C)C)nc2N)n1. The fourth-order valence-corrected chi connectivity index (χ4v) is 1.45. The molecule has 0 saturated carbocycles. The van der Waals surface area contributed by atoms with Crippen molar-refractivity contribution in [1.29, 1.82) is 0 Å². The van der Waals surface area contributed by atoms with Crippen molar-refractivity contribution in [2.75, 3.05) is 24.7 Å². The zero-order valence-electron chi connectivity index (χ0n) is 10.3. The molecule has 0 saturated heterocycles. The lowest BCUT2D eigenvalue weighted by atomic mass is 10.4. The van der Waals surface area contributed by atoms with Gasteiger partial charge in [-0.15, -0.1) is 5.10 Å². The molecule has 0 spiro atoms. The van der Waals surface area contributed by atoms with E-state index in [0.29, 0.717) is 11.9 Å². The summed E-state index contributed by atoms with van der Waals surface area (Å²) in [5, 5.41) is 4.24. The predicted molar refractivity (Wildman–Crippen MR) is 65.2 cm³/mol. The second kappa shape index (κ2) is 4.00. The summed E-state index contributed by atoms with van der Waals surface area (Å²) in [6.07, 6.45) is 0. The van der Waals surface area contributed by atoms with Crippen LogP contribution in [0.3, 0.4) is 0 Å². The van der Waals surface area contributed by atoms with Crippen LogP contribution >= 0.6 is 0 Å². The van der Waals surface area contributed by atoms with Gasteiger partial charge in [0.05, 0.1) is 0 Å². The van der Waals surface area contributed by atoms with Crippen LogP contribution in [-0.4, -0.2) is 38.8 Å². The van der Waals surface area contributed by atoms with E-state index < -0.39 is 0 Å². The van der Waals surface area contributed by atoms with Crippen LogP contribution in [0.25, 0.3) is 5.95 Å². The van der Waals surface area contributed by atoms with Crippen molar-refractivity contribution in [1.82, 2.24) is 24.7 Å². The van der Waals surface area contributed by atoms with E-state index in [2.05, 4.69) is 20.1 Å². The summed E-state index contributed by atoms with van der Waals surface area (Å²) < 4.78 is 1.44. The molecular formula is C10H15N7. The number of nitrogens with two attached hydrogens (primary N) is 1. The Morgan fingerprint density at radius 3 is 2.18 bits per heavy atom. The summed E-state index contributed by atoms with van der Waals surface area (Å²) in [6.45, 7) is 3.80. The Morgan fingerprint density at radius 1 is 1.12 bits per heavy atom. The Hall–Kier alpha value is -2.18. The number of rotatable bonds is 2. The van der Waals surface area contributed by atoms with Gasteiger partial charge in [-0.1, -0.05) is 0 Å². The highest BCUT2D eigenvalue weighted by molar-refractivity contribution is 5.37. The van der Waals surface area contributed by atoms with Gasteiger partial charge in [-0.25, -0.2) is 9.97 Å². The van der Waals surface area contributed by atoms with Crippen LogP contribution in [0.1, 0.15) is 11.4 Å². The van der Waals surface area contributed by atoms with E-state index >= 15 is 0 Å². The van der Waals surface area contributed by atoms with Crippen molar-refractivity contribution < 1.29 is 0 Å². The maximum Gasteiger partial charge on any atom is 0.254 e. The molecule has 2 N–H and O–H groups in total. The molecule has 0 aliphatic heterocycles. The molecule has 0 aliphatic carbocycles. The number of nitrogens with zero attached hydrogens (tertiary/aromatic N) is 6. The van der Waals surface area contributed by atoms with Crippen molar-refractivity contribution in [2.45, 2.75) is 13.8 Å². The summed E-state index contributed by atoms with van der Waals surface area (Å²) in [5.41, 5.74) is 7.53. The molecule has 7 nitrogen and oxygen atoms in total. The lowest BCUT2D eigenvalue weighted by Crippen LogP contribution is -2.12. The van der Waals surface area contributed by atoms with Crippen LogP contribution in [-0.2, 0) is 0 Å². The summed E-state index contributed by atoms with van der Waals surface area (Å²) in [5.74, 6) is 1.25. The van der Waals surface area contributed by atoms with Crippen molar-refractivity contribution in [2.24, 2.45) is 0 Å². The van der Waals surface area contributed by atoms with Gasteiger partial charge in [-0.05, 0) is 19.9 Å². The van der Waals surface area contributed by atoms with E-state index in [1.807, 2.05) is 34.0 Å². The summed E-state index contributed by atoms with van der Waals surface area (Å²) >= 11 is 0. The van der Waals surface area contributed by atoms with Gasteiger partial charge in [-0.3, -0.25) is 0 Å². The standard InChI is InChI=1S/C10H15N7/c1-6-5-7(2)13-9(12-6)17-8(11)14-10(15-17)16(3)4/h5H,1-4H3,(H2,11,14,15). The molecule has 0 radical (unpaired) electrons. The van der Waals surface area contributed by atoms with E-state index in [-0.39, 0.29) is 5.95 Å². The molecule has 0 unspecified atom stereocenters. The Labute approximate surface area is 99.3 Å². The molecule has 0 aromatic carbocycles. The first-order chi connectivity index (χ1) is 7.97. The molecule has 2 aromatic rings. The molecule has 2 heterocycles. The first kappa shape index (κ1) is 11.3. The van der Waals surface area contributed by atoms with Crippen LogP contribution in [0.5, 0.6) is 0 Å². The molecule has 0 amide bonds. The van der Waals surface area contributed by atoms with Gasteiger partial charge in [-0.2, -0.15) is 9.67 Å². The number of hydrogen-bond acceptors (Lipinski definition) is 6. The summed E-state index contributed by atoms with van der Waals surface area (Å²) in [6, 6.07) is 1.89. The Morgan fingerprint density at radius 2 is 1.71 bits per heavy atom. The average molecular weight is 233 g/mol. The average Bonchev–Trinajstić information content (AvgIpc) is 2.59. The molecule has 2 rings (SSSR count). The number of aromatic nitrogens is 5. The van der Waals surface area contributed by atoms with Gasteiger partial charge < -0.3 is 10.6 Å². The Kier molecular flexibility index (Phi) is 2.66. The Bertz CT molecular complexity index is 523. The summed E-state index contributed by atoms with van der Waals surface area (Å²) in [4.78, 5) is 14.5. The van der Waals surface area contributed by atoms with Crippen molar-refractivity contribution >= 4 is 11.9 Å². The monoisotopic (exact) mass is 233 g/mol. The van der Waals surface area contributed by atoms with Crippen LogP contribution in [0, 0.1) is 13.8 Å². The van der Waals surface area contributed by atoms with Gasteiger partial charge in [0, 0.05) is 25.5 Å². The van der Waals surface area contributed by atoms with E-state index in [0.717, 1.165) is 11.4 Å². The fourth-order valence-electron chi connectivity index (χ4n) is 1.45. The van der Waals surface area contributed by atoms with E-state index in [1.165, 1.54) is 4.68 Å². The van der Waals surface area contributed by atoms with Gasteiger partial charge in [0.15, 0.2) is 0 Å². The largest absolute Gasteiger partial charge is 0.368 e. The quantitative estimate of drug-likeness (QED) is 0.804. The first-order valence-corrected chi connectivity index (χ1v) is 5.20. The summed E-state index contributed by atoms with van der Waals surface area (Å²) in [7, 11) is 3.70. The third kappa shape index (κ3) is 2.17. The van der Waals surface area contributed by atoms with Crippen molar-refractivity contribution in [3.8, 4) is 5.95 Å². The van der Waals surface area contributed by atoms with E-state index in [4.69, 9.17) is 5.73 Å². The lowest BCUT2D eigenvalue weighted by Gasteiger charge is -2.05. The minimum absolute atomic E-state index is 0.277. The normalized spacial score (nSPS) is 10.6. The third-order valence-electron chi connectivity index (χ3n) is 2.18. The smallest absolute Gasteiger partial charge is 0.254 e. The maximum absolute atomic E-state index is 5.79. The molecule has 7 heteroatoms. The van der Waals surface area contributed by atoms with Crippen molar-refractivity contribution in [3.63, 3.8) is 0 Å². The van der Waals surface area contributed by atoms with Crippen molar-refractivity contribution in [3.05, 3.63) is 17.5 Å². The number of hydrogen-bond donors (Lipinski definition) is 1. The van der Waals surface area contributed by atoms with Crippen LogP contribution in [0.15, 0.2) is 6.07 Å². The van der Waals surface area contributed by atoms with Crippen LogP contribution in [0.4, 0.5) is 11.9 Å². The lowest BCUT2D eigenvalue weighted by molar-refractivity contribution is 0.796. The maximum atomic E-state index is 5.79. The molecule has 17 heavy (non-hydrogen) atoms. The minimum Gasteiger partial charge on any atom is -0.368 e. The molecule has 0 fully saturated rings. The third-order valence-corrected chi connectivity index (χ3v) is 2.18. The topological polar surface area (TPSA) is 85.8 Å². The molecule has 90 valence electrons. The fraction of sp³-hybridized carbons (Fsp3) is 0.400. The van der Waals surface area contributed by atoms with E-state index in [1.54, 1.807) is 4.90 Å². The zero-order chi connectivity index (χ0) is 12.6. The van der Waals surface area contributed by atoms with Gasteiger partial charge >= 0.3 is 0 Å². The minimum atomic E-state index is 0.277. The predicted octanol–water partition coefficient (Wildman–Crippen LogP) is 0.322. The highest BCUT2D eigenvalue weighted by Gasteiger charge is 2.12. The highest BCUT2D eigenvalue weighted by atomic mass is 15.5. The molecule has 0 bridgehead atoms. The van der Waals surface area contributed by atoms with Gasteiger partial charge in [0.1, 0.15) is 0 Å². The number of aryl methyl sites for hydroxylation is 2. The zero-order valence-corrected chi connectivity index (χ0v) is 10.3. The second-order valence-electron chi connectivity index (χ2n) is 4.03. The first-order valence-electron chi connectivity index (χ1n) is 5.20. The van der Waals surface area contributed by atoms with Crippen LogP contribution < -0.4 is 10.6 Å². The number of anilines is 2. The van der Waals surface area contributed by atoms with Gasteiger partial charge in [0.2, 0.25) is 11.9 Å². The molecule has 0 aliphatic rings. The number of nitrogen functional groups attached to an aromatic ring is 1. The second-order valence-corrected chi connectivity index (χ2v) is 4.03. The molecular weight excluding hydrogens is 218 g/mol. The van der Waals surface area contributed by atoms with E-state index in [9.17, 15) is 0 Å². The van der Waals surface area contributed by atoms with Gasteiger partial charge in [0.25, 0.3) is 5.95 Å². The Balaban J connectivity index is 2.52. The van der Waals surface area contributed by atoms with Crippen LogP contribution in [0.2, 0.25) is 0 Å². The molecule has 2 aromatic heterocycles. The molecule has 0 atom stereocenters. The highest BCUT2D eigenvalue weighted by Crippen LogP contribution is 2.12.